The van der Waals surface area contributed by atoms with Crippen LogP contribution < -0.4 is 14.8 Å². The van der Waals surface area contributed by atoms with Gasteiger partial charge in [0.05, 0.1) is 12.2 Å². The fraction of sp³-hybridized carbons (Fsp3) is 0.471. The molecule has 0 saturated carbocycles. The van der Waals surface area contributed by atoms with Crippen LogP contribution in [0.3, 0.4) is 0 Å². The number of nitrogens with one attached hydrogen (secondary N) is 1. The summed E-state index contributed by atoms with van der Waals surface area (Å²) in [5, 5.41) is 8.38. The fourth-order valence-corrected chi connectivity index (χ4v) is 3.18. The monoisotopic (exact) mass is 314 g/mol. The Kier molecular flexibility index (Phi) is 3.71. The maximum absolute atomic E-state index is 5.51. The average molecular weight is 314 g/mol. The van der Waals surface area contributed by atoms with E-state index in [1.807, 2.05) is 12.1 Å². The number of hydrogen-bond acceptors (Lipinski definition) is 5. The van der Waals surface area contributed by atoms with Gasteiger partial charge in [0.1, 0.15) is 0 Å². The van der Waals surface area contributed by atoms with Gasteiger partial charge < -0.3 is 19.7 Å². The van der Waals surface area contributed by atoms with Crippen LogP contribution in [0.2, 0.25) is 0 Å². The second kappa shape index (κ2) is 5.86. The number of benzene rings is 1. The summed E-state index contributed by atoms with van der Waals surface area (Å²) in [5.41, 5.74) is 4.83. The van der Waals surface area contributed by atoms with Crippen LogP contribution in [0.5, 0.6) is 11.5 Å². The number of hydrogen-bond donors (Lipinski definition) is 1. The van der Waals surface area contributed by atoms with E-state index in [4.69, 9.17) is 14.6 Å². The van der Waals surface area contributed by atoms with Crippen molar-refractivity contribution in [2.75, 3.05) is 34.0 Å². The molecular weight excluding hydrogens is 292 g/mol. The Morgan fingerprint density at radius 3 is 3.00 bits per heavy atom. The Morgan fingerprint density at radius 1 is 1.26 bits per heavy atom. The lowest BCUT2D eigenvalue weighted by molar-refractivity contribution is 0.174. The lowest BCUT2D eigenvalue weighted by Crippen LogP contribution is -2.26. The van der Waals surface area contributed by atoms with Crippen LogP contribution in [0, 0.1) is 0 Å². The third-order valence-electron chi connectivity index (χ3n) is 4.41. The highest BCUT2D eigenvalue weighted by Crippen LogP contribution is 2.37. The van der Waals surface area contributed by atoms with Gasteiger partial charge in [0, 0.05) is 42.9 Å². The van der Waals surface area contributed by atoms with E-state index in [0.29, 0.717) is 6.79 Å². The van der Waals surface area contributed by atoms with Crippen molar-refractivity contribution >= 4 is 0 Å². The second-order valence-electron chi connectivity index (χ2n) is 6.30. The number of likely N-dealkylation sites (N-methyl/N-ethyl adjacent to an activating group) is 1. The van der Waals surface area contributed by atoms with Crippen LogP contribution in [0.15, 0.2) is 18.2 Å². The topological polar surface area (TPSA) is 51.6 Å². The van der Waals surface area contributed by atoms with Crippen molar-refractivity contribution in [1.82, 2.24) is 20.0 Å². The van der Waals surface area contributed by atoms with Gasteiger partial charge in [0.25, 0.3) is 0 Å². The summed E-state index contributed by atoms with van der Waals surface area (Å²) in [4.78, 5) is 2.19. The van der Waals surface area contributed by atoms with E-state index < -0.39 is 0 Å². The van der Waals surface area contributed by atoms with Gasteiger partial charge in [-0.15, -0.1) is 0 Å². The lowest BCUT2D eigenvalue weighted by atomic mass is 10.0. The molecule has 0 bridgehead atoms. The van der Waals surface area contributed by atoms with Gasteiger partial charge in [-0.3, -0.25) is 4.68 Å². The van der Waals surface area contributed by atoms with E-state index in [2.05, 4.69) is 35.1 Å². The largest absolute Gasteiger partial charge is 0.454 e. The first-order valence-corrected chi connectivity index (χ1v) is 8.06. The molecule has 3 heterocycles. The molecule has 6 nitrogen and oxygen atoms in total. The average Bonchev–Trinajstić information content (AvgIpc) is 3.16. The standard InChI is InChI=1S/C17H22N4O2/c1-20(2)7-8-21-14-5-6-18-10-13(14)17(19-21)12-3-4-15-16(9-12)23-11-22-15/h3-4,9,18H,5-8,10-11H2,1-2H3. The van der Waals surface area contributed by atoms with Crippen molar-refractivity contribution in [2.24, 2.45) is 0 Å². The van der Waals surface area contributed by atoms with Crippen LogP contribution >= 0.6 is 0 Å². The summed E-state index contributed by atoms with van der Waals surface area (Å²) in [5.74, 6) is 1.62. The third-order valence-corrected chi connectivity index (χ3v) is 4.41. The van der Waals surface area contributed by atoms with Crippen molar-refractivity contribution in [3.63, 3.8) is 0 Å². The van der Waals surface area contributed by atoms with Crippen LogP contribution in [0.1, 0.15) is 11.3 Å². The number of ether oxygens (including phenoxy) is 2. The molecule has 0 atom stereocenters. The molecule has 2 aliphatic heterocycles. The van der Waals surface area contributed by atoms with E-state index in [9.17, 15) is 0 Å². The molecule has 0 saturated heterocycles. The van der Waals surface area contributed by atoms with Crippen molar-refractivity contribution in [2.45, 2.75) is 19.5 Å². The normalized spacial score (nSPS) is 16.0. The molecular formula is C17H22N4O2. The maximum Gasteiger partial charge on any atom is 0.231 e. The Morgan fingerprint density at radius 2 is 2.13 bits per heavy atom. The van der Waals surface area contributed by atoms with Crippen LogP contribution in [0.25, 0.3) is 11.3 Å². The quantitative estimate of drug-likeness (QED) is 0.926. The SMILES string of the molecule is CN(C)CCn1nc(-c2ccc3c(c2)OCO3)c2c1CCNC2. The molecule has 0 spiro atoms. The van der Waals surface area contributed by atoms with Gasteiger partial charge in [-0.2, -0.15) is 5.10 Å². The Balaban J connectivity index is 1.73. The summed E-state index contributed by atoms with van der Waals surface area (Å²) in [6.45, 7) is 4.10. The first kappa shape index (κ1) is 14.5. The summed E-state index contributed by atoms with van der Waals surface area (Å²) < 4.78 is 13.1. The first-order valence-electron chi connectivity index (χ1n) is 8.06. The minimum atomic E-state index is 0.301. The zero-order valence-corrected chi connectivity index (χ0v) is 13.6. The number of nitrogens with zero attached hydrogens (tertiary/aromatic N) is 3. The van der Waals surface area contributed by atoms with Gasteiger partial charge in [-0.05, 0) is 32.3 Å². The molecule has 1 aromatic heterocycles. The zero-order valence-electron chi connectivity index (χ0n) is 13.6. The Bertz CT molecular complexity index is 724. The molecule has 6 heteroatoms. The summed E-state index contributed by atoms with van der Waals surface area (Å²) in [7, 11) is 4.19. The van der Waals surface area contributed by atoms with Crippen LogP contribution in [-0.4, -0.2) is 48.7 Å². The molecule has 23 heavy (non-hydrogen) atoms. The van der Waals surface area contributed by atoms with E-state index in [0.717, 1.165) is 55.4 Å². The van der Waals surface area contributed by atoms with E-state index in [-0.39, 0.29) is 0 Å². The maximum atomic E-state index is 5.51. The molecule has 122 valence electrons. The van der Waals surface area contributed by atoms with E-state index in [1.54, 1.807) is 0 Å². The van der Waals surface area contributed by atoms with E-state index in [1.165, 1.54) is 11.3 Å². The lowest BCUT2D eigenvalue weighted by Gasteiger charge is -2.17. The fourth-order valence-electron chi connectivity index (χ4n) is 3.18. The van der Waals surface area contributed by atoms with Crippen molar-refractivity contribution in [3.05, 3.63) is 29.5 Å². The molecule has 2 aromatic rings. The van der Waals surface area contributed by atoms with Gasteiger partial charge in [0.2, 0.25) is 6.79 Å². The predicted molar refractivity (Wildman–Crippen MR) is 87.8 cm³/mol. The molecule has 0 amide bonds. The highest BCUT2D eigenvalue weighted by Gasteiger charge is 2.23. The molecule has 1 N–H and O–H groups in total. The Hall–Kier alpha value is -2.05. The highest BCUT2D eigenvalue weighted by molar-refractivity contribution is 5.68. The minimum absolute atomic E-state index is 0.301. The molecule has 1 aromatic carbocycles. The highest BCUT2D eigenvalue weighted by atomic mass is 16.7. The first-order chi connectivity index (χ1) is 11.2. The Labute approximate surface area is 136 Å². The van der Waals surface area contributed by atoms with Crippen molar-refractivity contribution in [1.29, 1.82) is 0 Å². The predicted octanol–water partition coefficient (Wildman–Crippen LogP) is 1.49. The number of fused-ring (bicyclic) bond motifs is 2. The summed E-state index contributed by atoms with van der Waals surface area (Å²) in [6.07, 6.45) is 1.03. The number of aromatic nitrogens is 2. The third kappa shape index (κ3) is 2.68. The zero-order chi connectivity index (χ0) is 15.8. The van der Waals surface area contributed by atoms with Crippen molar-refractivity contribution < 1.29 is 9.47 Å². The molecule has 0 radical (unpaired) electrons. The molecule has 4 rings (SSSR count). The minimum Gasteiger partial charge on any atom is -0.454 e. The number of rotatable bonds is 4. The van der Waals surface area contributed by atoms with Gasteiger partial charge in [-0.25, -0.2) is 0 Å². The van der Waals surface area contributed by atoms with Crippen molar-refractivity contribution in [3.8, 4) is 22.8 Å². The van der Waals surface area contributed by atoms with Crippen LogP contribution in [0.4, 0.5) is 0 Å². The van der Waals surface area contributed by atoms with E-state index >= 15 is 0 Å². The van der Waals surface area contributed by atoms with Gasteiger partial charge in [-0.1, -0.05) is 0 Å². The van der Waals surface area contributed by atoms with Gasteiger partial charge >= 0.3 is 0 Å². The second-order valence-corrected chi connectivity index (χ2v) is 6.30. The molecule has 0 aliphatic carbocycles. The molecule has 2 aliphatic rings. The molecule has 0 unspecified atom stereocenters. The smallest absolute Gasteiger partial charge is 0.231 e. The molecule has 0 fully saturated rings. The summed E-state index contributed by atoms with van der Waals surface area (Å²) in [6, 6.07) is 6.08. The van der Waals surface area contributed by atoms with Crippen LogP contribution in [-0.2, 0) is 19.5 Å². The van der Waals surface area contributed by atoms with Gasteiger partial charge in [0.15, 0.2) is 11.5 Å². The summed E-state index contributed by atoms with van der Waals surface area (Å²) >= 11 is 0.